The van der Waals surface area contributed by atoms with Gasteiger partial charge in [-0.1, -0.05) is 0 Å². The smallest absolute Gasteiger partial charge is 0.230 e. The molecule has 5 heteroatoms. The first-order valence-electron chi connectivity index (χ1n) is 4.50. The second-order valence-electron chi connectivity index (χ2n) is 3.64. The van der Waals surface area contributed by atoms with E-state index in [4.69, 9.17) is 9.84 Å². The molecule has 0 spiro atoms. The summed E-state index contributed by atoms with van der Waals surface area (Å²) in [6.45, 7) is 4.16. The number of ether oxygens (including phenoxy) is 1. The first kappa shape index (κ1) is 13.7. The zero-order chi connectivity index (χ0) is 11.0. The Morgan fingerprint density at radius 2 is 2.21 bits per heavy atom. The summed E-state index contributed by atoms with van der Waals surface area (Å²) in [5.41, 5.74) is -0.529. The average Bonchev–Trinajstić information content (AvgIpc) is 2.12. The van der Waals surface area contributed by atoms with Crippen LogP contribution < -0.4 is 5.32 Å². The number of aliphatic hydroxyl groups is 1. The molecular formula is C9H19NO3S. The number of nitrogens with one attached hydrogen (secondary N) is 1. The number of methoxy groups -OCH3 is 1. The van der Waals surface area contributed by atoms with Gasteiger partial charge >= 0.3 is 0 Å². The molecule has 0 aliphatic carbocycles. The van der Waals surface area contributed by atoms with Gasteiger partial charge in [0.05, 0.1) is 24.5 Å². The highest BCUT2D eigenvalue weighted by atomic mass is 32.2. The molecule has 2 N–H and O–H groups in total. The fourth-order valence-corrected chi connectivity index (χ4v) is 1.45. The van der Waals surface area contributed by atoms with E-state index >= 15 is 0 Å². The molecule has 4 nitrogen and oxygen atoms in total. The number of thioether (sulfide) groups is 1. The average molecular weight is 221 g/mol. The van der Waals surface area contributed by atoms with Gasteiger partial charge in [-0.3, -0.25) is 4.79 Å². The lowest BCUT2D eigenvalue weighted by atomic mass is 10.1. The first-order chi connectivity index (χ1) is 6.52. The number of hydrogen-bond acceptors (Lipinski definition) is 4. The van der Waals surface area contributed by atoms with Gasteiger partial charge in [-0.25, -0.2) is 0 Å². The summed E-state index contributed by atoms with van der Waals surface area (Å²) < 4.78 is 4.85. The number of amides is 1. The minimum Gasteiger partial charge on any atom is -0.394 e. The van der Waals surface area contributed by atoms with Gasteiger partial charge in [0.2, 0.25) is 5.91 Å². The lowest BCUT2D eigenvalue weighted by Gasteiger charge is -2.23. The summed E-state index contributed by atoms with van der Waals surface area (Å²) in [6.07, 6.45) is 0. The molecule has 0 aromatic heterocycles. The van der Waals surface area contributed by atoms with Crippen LogP contribution in [-0.2, 0) is 9.53 Å². The van der Waals surface area contributed by atoms with E-state index in [1.807, 2.05) is 0 Å². The zero-order valence-electron chi connectivity index (χ0n) is 9.00. The van der Waals surface area contributed by atoms with Crippen molar-refractivity contribution in [3.05, 3.63) is 0 Å². The molecule has 0 radical (unpaired) electrons. The van der Waals surface area contributed by atoms with Crippen LogP contribution in [0.2, 0.25) is 0 Å². The molecule has 84 valence electrons. The number of aliphatic hydroxyl groups excluding tert-OH is 1. The topological polar surface area (TPSA) is 58.6 Å². The maximum atomic E-state index is 11.3. The van der Waals surface area contributed by atoms with Crippen molar-refractivity contribution in [1.29, 1.82) is 0 Å². The molecule has 0 rings (SSSR count). The van der Waals surface area contributed by atoms with E-state index in [1.165, 1.54) is 11.8 Å². The number of carbonyl (C=O) groups is 1. The fraction of sp³-hybridized carbons (Fsp3) is 0.889. The van der Waals surface area contributed by atoms with Crippen molar-refractivity contribution in [2.75, 3.05) is 31.8 Å². The quantitative estimate of drug-likeness (QED) is 0.605. The van der Waals surface area contributed by atoms with Crippen LogP contribution >= 0.6 is 11.8 Å². The van der Waals surface area contributed by atoms with Crippen LogP contribution in [0.5, 0.6) is 0 Å². The molecule has 0 atom stereocenters. The van der Waals surface area contributed by atoms with Crippen molar-refractivity contribution in [2.45, 2.75) is 19.4 Å². The van der Waals surface area contributed by atoms with Crippen molar-refractivity contribution in [3.8, 4) is 0 Å². The van der Waals surface area contributed by atoms with Crippen molar-refractivity contribution < 1.29 is 14.6 Å². The molecule has 0 saturated heterocycles. The highest BCUT2D eigenvalue weighted by Gasteiger charge is 2.18. The maximum Gasteiger partial charge on any atom is 0.230 e. The summed E-state index contributed by atoms with van der Waals surface area (Å²) in [6, 6.07) is 0. The molecule has 0 fully saturated rings. The van der Waals surface area contributed by atoms with Crippen molar-refractivity contribution in [3.63, 3.8) is 0 Å². The summed E-state index contributed by atoms with van der Waals surface area (Å²) >= 11 is 1.52. The Bertz CT molecular complexity index is 173. The van der Waals surface area contributed by atoms with Crippen molar-refractivity contribution >= 4 is 17.7 Å². The lowest BCUT2D eigenvalue weighted by Crippen LogP contribution is -2.47. The minimum atomic E-state index is -0.529. The summed E-state index contributed by atoms with van der Waals surface area (Å²) in [7, 11) is 1.63. The predicted octanol–water partition coefficient (Wildman–Crippen LogP) is 0.253. The van der Waals surface area contributed by atoms with Gasteiger partial charge in [-0.15, -0.1) is 11.8 Å². The van der Waals surface area contributed by atoms with Gasteiger partial charge < -0.3 is 15.2 Å². The van der Waals surface area contributed by atoms with E-state index in [2.05, 4.69) is 5.32 Å². The Balaban J connectivity index is 3.55. The van der Waals surface area contributed by atoms with E-state index in [9.17, 15) is 4.79 Å². The predicted molar refractivity (Wildman–Crippen MR) is 58.5 cm³/mol. The van der Waals surface area contributed by atoms with Gasteiger partial charge in [0.25, 0.3) is 0 Å². The van der Waals surface area contributed by atoms with Gasteiger partial charge in [-0.2, -0.15) is 0 Å². The summed E-state index contributed by atoms with van der Waals surface area (Å²) in [5, 5.41) is 11.6. The van der Waals surface area contributed by atoms with Crippen LogP contribution in [0.15, 0.2) is 0 Å². The van der Waals surface area contributed by atoms with E-state index in [0.29, 0.717) is 12.4 Å². The van der Waals surface area contributed by atoms with Crippen LogP contribution in [0.1, 0.15) is 13.8 Å². The second-order valence-corrected chi connectivity index (χ2v) is 4.74. The molecule has 1 amide bonds. The molecule has 0 aromatic rings. The van der Waals surface area contributed by atoms with Crippen LogP contribution in [0.4, 0.5) is 0 Å². The first-order valence-corrected chi connectivity index (χ1v) is 5.66. The van der Waals surface area contributed by atoms with Crippen LogP contribution in [-0.4, -0.2) is 48.4 Å². The van der Waals surface area contributed by atoms with Crippen LogP contribution in [0.3, 0.4) is 0 Å². The van der Waals surface area contributed by atoms with Gasteiger partial charge in [-0.05, 0) is 13.8 Å². The molecule has 0 aliphatic rings. The van der Waals surface area contributed by atoms with E-state index in [0.717, 1.165) is 5.75 Å². The van der Waals surface area contributed by atoms with Gasteiger partial charge in [0, 0.05) is 12.9 Å². The van der Waals surface area contributed by atoms with E-state index in [1.54, 1.807) is 21.0 Å². The third kappa shape index (κ3) is 7.17. The monoisotopic (exact) mass is 221 g/mol. The van der Waals surface area contributed by atoms with E-state index in [-0.39, 0.29) is 12.5 Å². The molecule has 0 aromatic carbocycles. The summed E-state index contributed by atoms with van der Waals surface area (Å²) in [4.78, 5) is 11.3. The number of carbonyl (C=O) groups excluding carboxylic acids is 1. The largest absolute Gasteiger partial charge is 0.394 e. The lowest BCUT2D eigenvalue weighted by molar-refractivity contribution is -0.120. The molecule has 0 unspecified atom stereocenters. The Hall–Kier alpha value is -0.260. The van der Waals surface area contributed by atoms with E-state index < -0.39 is 5.54 Å². The highest BCUT2D eigenvalue weighted by molar-refractivity contribution is 7.99. The Labute approximate surface area is 89.4 Å². The molecule has 14 heavy (non-hydrogen) atoms. The van der Waals surface area contributed by atoms with Crippen molar-refractivity contribution in [2.24, 2.45) is 0 Å². The second kappa shape index (κ2) is 7.09. The number of hydrogen-bond donors (Lipinski definition) is 2. The normalized spacial score (nSPS) is 11.4. The zero-order valence-corrected chi connectivity index (χ0v) is 9.82. The Morgan fingerprint density at radius 3 is 2.71 bits per heavy atom. The fourth-order valence-electron chi connectivity index (χ4n) is 0.760. The molecular weight excluding hydrogens is 202 g/mol. The third-order valence-electron chi connectivity index (χ3n) is 1.54. The van der Waals surface area contributed by atoms with Gasteiger partial charge in [0.15, 0.2) is 0 Å². The molecule has 0 aliphatic heterocycles. The van der Waals surface area contributed by atoms with Crippen molar-refractivity contribution in [1.82, 2.24) is 5.32 Å². The maximum absolute atomic E-state index is 11.3. The Morgan fingerprint density at radius 1 is 1.57 bits per heavy atom. The van der Waals surface area contributed by atoms with Crippen LogP contribution in [0.25, 0.3) is 0 Å². The minimum absolute atomic E-state index is 0.0508. The SMILES string of the molecule is COCCSCC(=O)NC(C)(C)CO. The van der Waals surface area contributed by atoms with Crippen LogP contribution in [0, 0.1) is 0 Å². The Kier molecular flexibility index (Phi) is 6.96. The molecule has 0 heterocycles. The van der Waals surface area contributed by atoms with Gasteiger partial charge in [0.1, 0.15) is 0 Å². The third-order valence-corrected chi connectivity index (χ3v) is 2.46. The molecule has 0 bridgehead atoms. The number of rotatable bonds is 7. The highest BCUT2D eigenvalue weighted by Crippen LogP contribution is 2.03. The molecule has 0 saturated carbocycles. The summed E-state index contributed by atoms with van der Waals surface area (Å²) in [5.74, 6) is 1.17. The standard InChI is InChI=1S/C9H19NO3S/c1-9(2,7-11)10-8(12)6-14-5-4-13-3/h11H,4-7H2,1-3H3,(H,10,12).